The Hall–Kier alpha value is -4.34. The van der Waals surface area contributed by atoms with Crippen LogP contribution in [0.1, 0.15) is 11.3 Å². The van der Waals surface area contributed by atoms with E-state index in [-0.39, 0.29) is 0 Å². The number of aryl methyl sites for hydroxylation is 1. The molecule has 2 N–H and O–H groups in total. The van der Waals surface area contributed by atoms with Crippen molar-refractivity contribution in [1.82, 2.24) is 24.7 Å². The molecule has 33 heavy (non-hydrogen) atoms. The summed E-state index contributed by atoms with van der Waals surface area (Å²) in [6.07, 6.45) is 3.33. The molecule has 0 atom stereocenters. The highest BCUT2D eigenvalue weighted by molar-refractivity contribution is 5.63. The van der Waals surface area contributed by atoms with Gasteiger partial charge in [-0.25, -0.2) is 9.97 Å². The normalized spacial score (nSPS) is 10.6. The molecule has 0 bridgehead atoms. The Labute approximate surface area is 191 Å². The molecule has 0 spiro atoms. The average molecular weight is 447 g/mol. The molecular formula is C23H25N7O3. The highest BCUT2D eigenvalue weighted by Gasteiger charge is 2.15. The molecule has 0 unspecified atom stereocenters. The Kier molecular flexibility index (Phi) is 6.25. The summed E-state index contributed by atoms with van der Waals surface area (Å²) in [4.78, 5) is 13.4. The zero-order chi connectivity index (χ0) is 23.4. The van der Waals surface area contributed by atoms with Gasteiger partial charge in [-0.3, -0.25) is 0 Å². The third-order valence-electron chi connectivity index (χ3n) is 5.07. The smallest absolute Gasteiger partial charge is 0.229 e. The minimum absolute atomic E-state index is 0.426. The number of nitrogens with zero attached hydrogens (tertiary/aromatic N) is 5. The minimum Gasteiger partial charge on any atom is -0.495 e. The van der Waals surface area contributed by atoms with E-state index in [0.717, 1.165) is 22.8 Å². The molecular weight excluding hydrogens is 422 g/mol. The van der Waals surface area contributed by atoms with Crippen LogP contribution in [0.25, 0.3) is 5.82 Å². The van der Waals surface area contributed by atoms with E-state index in [1.807, 2.05) is 44.2 Å². The Morgan fingerprint density at radius 3 is 2.36 bits per heavy atom. The van der Waals surface area contributed by atoms with Gasteiger partial charge in [-0.2, -0.15) is 14.8 Å². The van der Waals surface area contributed by atoms with Crippen LogP contribution < -0.4 is 24.8 Å². The number of rotatable bonds is 8. The summed E-state index contributed by atoms with van der Waals surface area (Å²) < 4.78 is 17.6. The van der Waals surface area contributed by atoms with Gasteiger partial charge in [0, 0.05) is 23.5 Å². The summed E-state index contributed by atoms with van der Waals surface area (Å²) in [5, 5.41) is 11.2. The molecule has 0 saturated carbocycles. The first kappa shape index (κ1) is 21.9. The van der Waals surface area contributed by atoms with Crippen LogP contribution in [0.2, 0.25) is 0 Å². The zero-order valence-electron chi connectivity index (χ0n) is 19.1. The molecule has 4 rings (SSSR count). The number of methoxy groups -OCH3 is 3. The van der Waals surface area contributed by atoms with Crippen molar-refractivity contribution >= 4 is 23.3 Å². The number of hydrogen-bond donors (Lipinski definition) is 2. The van der Waals surface area contributed by atoms with Crippen LogP contribution >= 0.6 is 0 Å². The highest BCUT2D eigenvalue weighted by atomic mass is 16.5. The van der Waals surface area contributed by atoms with Crippen molar-refractivity contribution in [3.8, 4) is 23.1 Å². The van der Waals surface area contributed by atoms with Crippen molar-refractivity contribution in [3.63, 3.8) is 0 Å². The van der Waals surface area contributed by atoms with E-state index < -0.39 is 0 Å². The Balaban J connectivity index is 1.60. The lowest BCUT2D eigenvalue weighted by Crippen LogP contribution is -2.07. The number of pyridine rings is 1. The first-order valence-corrected chi connectivity index (χ1v) is 10.2. The van der Waals surface area contributed by atoms with Gasteiger partial charge >= 0.3 is 0 Å². The Bertz CT molecular complexity index is 1260. The van der Waals surface area contributed by atoms with Crippen molar-refractivity contribution in [3.05, 3.63) is 60.0 Å². The summed E-state index contributed by atoms with van der Waals surface area (Å²) in [5.41, 5.74) is 2.64. The van der Waals surface area contributed by atoms with Gasteiger partial charge in [0.25, 0.3) is 0 Å². The number of ether oxygens (including phenoxy) is 3. The van der Waals surface area contributed by atoms with Gasteiger partial charge < -0.3 is 24.8 Å². The Morgan fingerprint density at radius 2 is 1.67 bits per heavy atom. The minimum atomic E-state index is 0.426. The number of benzene rings is 1. The molecule has 3 aromatic heterocycles. The number of anilines is 4. The van der Waals surface area contributed by atoms with Crippen molar-refractivity contribution in [2.45, 2.75) is 13.8 Å². The van der Waals surface area contributed by atoms with Crippen LogP contribution in [0.3, 0.4) is 0 Å². The molecule has 1 aromatic carbocycles. The zero-order valence-corrected chi connectivity index (χ0v) is 19.1. The first-order chi connectivity index (χ1) is 16.0. The fourth-order valence-corrected chi connectivity index (χ4v) is 3.19. The van der Waals surface area contributed by atoms with E-state index in [9.17, 15) is 0 Å². The van der Waals surface area contributed by atoms with E-state index in [4.69, 9.17) is 14.2 Å². The molecule has 0 aliphatic carbocycles. The predicted octanol–water partition coefficient (Wildman–Crippen LogP) is 4.19. The number of hydrogen-bond acceptors (Lipinski definition) is 9. The summed E-state index contributed by atoms with van der Waals surface area (Å²) in [6.45, 7) is 3.94. The average Bonchev–Trinajstić information content (AvgIpc) is 3.12. The molecule has 0 aliphatic rings. The van der Waals surface area contributed by atoms with Gasteiger partial charge in [-0.1, -0.05) is 0 Å². The van der Waals surface area contributed by atoms with Crippen LogP contribution in [-0.4, -0.2) is 46.1 Å². The van der Waals surface area contributed by atoms with Crippen molar-refractivity contribution in [2.24, 2.45) is 0 Å². The molecule has 0 fully saturated rings. The van der Waals surface area contributed by atoms with Crippen LogP contribution in [0.5, 0.6) is 17.2 Å². The molecule has 4 aromatic rings. The van der Waals surface area contributed by atoms with Gasteiger partial charge in [0.2, 0.25) is 5.95 Å². The maximum absolute atomic E-state index is 5.36. The van der Waals surface area contributed by atoms with E-state index >= 15 is 0 Å². The maximum Gasteiger partial charge on any atom is 0.229 e. The molecule has 3 heterocycles. The summed E-state index contributed by atoms with van der Waals surface area (Å²) >= 11 is 0. The van der Waals surface area contributed by atoms with E-state index in [1.54, 1.807) is 44.5 Å². The van der Waals surface area contributed by atoms with Gasteiger partial charge in [0.1, 0.15) is 17.4 Å². The lowest BCUT2D eigenvalue weighted by atomic mass is 10.2. The number of aromatic nitrogens is 5. The summed E-state index contributed by atoms with van der Waals surface area (Å²) in [5.74, 6) is 4.38. The SMILES string of the molecule is COc1ccc(-n2nc(C)c(C)c2Nc2ccnc(Nc3ccc(OC)c(OC)c3)n2)nc1. The predicted molar refractivity (Wildman–Crippen MR) is 126 cm³/mol. The summed E-state index contributed by atoms with van der Waals surface area (Å²) in [6, 6.07) is 11.0. The van der Waals surface area contributed by atoms with E-state index in [1.165, 1.54) is 0 Å². The molecule has 0 amide bonds. The fraction of sp³-hybridized carbons (Fsp3) is 0.217. The van der Waals surface area contributed by atoms with Crippen LogP contribution in [0.15, 0.2) is 48.8 Å². The van der Waals surface area contributed by atoms with Crippen molar-refractivity contribution in [2.75, 3.05) is 32.0 Å². The lowest BCUT2D eigenvalue weighted by molar-refractivity contribution is 0.355. The second kappa shape index (κ2) is 9.43. The molecule has 170 valence electrons. The Morgan fingerprint density at radius 1 is 0.848 bits per heavy atom. The monoisotopic (exact) mass is 447 g/mol. The van der Waals surface area contributed by atoms with Gasteiger partial charge in [0.05, 0.1) is 33.2 Å². The first-order valence-electron chi connectivity index (χ1n) is 10.2. The molecule has 0 aliphatic heterocycles. The van der Waals surface area contributed by atoms with Gasteiger partial charge in [0.15, 0.2) is 17.3 Å². The topological polar surface area (TPSA) is 108 Å². The molecule has 10 nitrogen and oxygen atoms in total. The third kappa shape index (κ3) is 4.64. The van der Waals surface area contributed by atoms with Crippen LogP contribution in [0.4, 0.5) is 23.3 Å². The standard InChI is InChI=1S/C23H25N7O3/c1-14-15(2)29-30(21-9-7-17(31-3)13-25-21)22(14)27-20-10-11-24-23(28-20)26-16-6-8-18(32-4)19(12-16)33-5/h6-13H,1-5H3,(H2,24,26,27,28). The lowest BCUT2D eigenvalue weighted by Gasteiger charge is -2.12. The largest absolute Gasteiger partial charge is 0.495 e. The van der Waals surface area contributed by atoms with E-state index in [2.05, 4.69) is 30.7 Å². The quantitative estimate of drug-likeness (QED) is 0.411. The van der Waals surface area contributed by atoms with Crippen molar-refractivity contribution in [1.29, 1.82) is 0 Å². The number of nitrogens with one attached hydrogen (secondary N) is 2. The maximum atomic E-state index is 5.36. The molecule has 10 heteroatoms. The molecule has 0 saturated heterocycles. The van der Waals surface area contributed by atoms with Crippen molar-refractivity contribution < 1.29 is 14.2 Å². The third-order valence-corrected chi connectivity index (χ3v) is 5.07. The van der Waals surface area contributed by atoms with E-state index in [0.29, 0.717) is 34.8 Å². The fourth-order valence-electron chi connectivity index (χ4n) is 3.19. The van der Waals surface area contributed by atoms with Gasteiger partial charge in [-0.05, 0) is 44.2 Å². The van der Waals surface area contributed by atoms with Gasteiger partial charge in [-0.15, -0.1) is 0 Å². The van der Waals surface area contributed by atoms with Crippen LogP contribution in [-0.2, 0) is 0 Å². The molecule has 0 radical (unpaired) electrons. The second-order valence-electron chi connectivity index (χ2n) is 7.11. The second-order valence-corrected chi connectivity index (χ2v) is 7.11. The summed E-state index contributed by atoms with van der Waals surface area (Å²) in [7, 11) is 4.79. The highest BCUT2D eigenvalue weighted by Crippen LogP contribution is 2.31. The van der Waals surface area contributed by atoms with Crippen LogP contribution in [0, 0.1) is 13.8 Å².